The fourth-order valence-electron chi connectivity index (χ4n) is 4.18. The van der Waals surface area contributed by atoms with Crippen LogP contribution in [0.15, 0.2) is 4.99 Å². The number of likely N-dealkylation sites (tertiary alicyclic amines) is 1. The van der Waals surface area contributed by atoms with Gasteiger partial charge in [-0.1, -0.05) is 26.7 Å². The Morgan fingerprint density at radius 2 is 1.83 bits per heavy atom. The van der Waals surface area contributed by atoms with Crippen LogP contribution in [0.4, 0.5) is 0 Å². The molecule has 2 fully saturated rings. The van der Waals surface area contributed by atoms with Crippen molar-refractivity contribution >= 4 is 29.9 Å². The van der Waals surface area contributed by atoms with Crippen molar-refractivity contribution in [1.82, 2.24) is 15.1 Å². The average molecular weight is 436 g/mol. The Balaban J connectivity index is 0.00000264. The first-order valence-corrected chi connectivity index (χ1v) is 9.41. The molecule has 0 aromatic carbocycles. The summed E-state index contributed by atoms with van der Waals surface area (Å²) in [4.78, 5) is 9.51. The quantitative estimate of drug-likeness (QED) is 0.287. The first-order chi connectivity index (χ1) is 10.7. The summed E-state index contributed by atoms with van der Waals surface area (Å²) in [5.41, 5.74) is 0.625. The molecule has 2 rings (SSSR count). The smallest absolute Gasteiger partial charge is 0.193 e. The second kappa shape index (κ2) is 10.7. The second-order valence-electron chi connectivity index (χ2n) is 7.09. The number of unbranched alkanes of at least 4 members (excludes halogenated alkanes) is 1. The molecule has 1 saturated heterocycles. The number of guanidine groups is 1. The van der Waals surface area contributed by atoms with Gasteiger partial charge < -0.3 is 15.1 Å². The molecule has 0 unspecified atom stereocenters. The van der Waals surface area contributed by atoms with Gasteiger partial charge in [0, 0.05) is 26.7 Å². The lowest BCUT2D eigenvalue weighted by Gasteiger charge is -2.26. The van der Waals surface area contributed by atoms with E-state index in [0.717, 1.165) is 12.5 Å². The normalized spacial score (nSPS) is 20.3. The van der Waals surface area contributed by atoms with E-state index >= 15 is 0 Å². The molecular formula is C18H37IN4. The van der Waals surface area contributed by atoms with Gasteiger partial charge in [0.05, 0.1) is 0 Å². The average Bonchev–Trinajstić information content (AvgIpc) is 3.17. The highest BCUT2D eigenvalue weighted by Gasteiger charge is 2.40. The van der Waals surface area contributed by atoms with Crippen LogP contribution < -0.4 is 5.32 Å². The van der Waals surface area contributed by atoms with Gasteiger partial charge in [-0.2, -0.15) is 0 Å². The second-order valence-corrected chi connectivity index (χ2v) is 7.09. The first-order valence-electron chi connectivity index (χ1n) is 9.41. The van der Waals surface area contributed by atoms with E-state index in [0.29, 0.717) is 5.41 Å². The van der Waals surface area contributed by atoms with E-state index in [-0.39, 0.29) is 24.0 Å². The van der Waals surface area contributed by atoms with Gasteiger partial charge in [-0.15, -0.1) is 24.0 Å². The largest absolute Gasteiger partial charge is 0.356 e. The van der Waals surface area contributed by atoms with Crippen LogP contribution in [-0.2, 0) is 0 Å². The fourth-order valence-corrected chi connectivity index (χ4v) is 4.18. The maximum Gasteiger partial charge on any atom is 0.193 e. The zero-order valence-corrected chi connectivity index (χ0v) is 17.8. The number of nitrogens with one attached hydrogen (secondary N) is 1. The molecule has 0 bridgehead atoms. The van der Waals surface area contributed by atoms with Crippen LogP contribution in [0.3, 0.4) is 0 Å². The summed E-state index contributed by atoms with van der Waals surface area (Å²) < 4.78 is 0. The van der Waals surface area contributed by atoms with Crippen LogP contribution in [0.1, 0.15) is 58.8 Å². The molecule has 0 aromatic heterocycles. The molecule has 1 aliphatic heterocycles. The van der Waals surface area contributed by atoms with Crippen molar-refractivity contribution in [3.05, 3.63) is 0 Å². The van der Waals surface area contributed by atoms with Gasteiger partial charge in [-0.3, -0.25) is 4.99 Å². The zero-order chi connectivity index (χ0) is 15.8. The monoisotopic (exact) mass is 436 g/mol. The topological polar surface area (TPSA) is 30.9 Å². The molecule has 1 saturated carbocycles. The van der Waals surface area contributed by atoms with Gasteiger partial charge in [0.25, 0.3) is 0 Å². The third-order valence-electron chi connectivity index (χ3n) is 5.69. The number of nitrogens with zero attached hydrogens (tertiary/aromatic N) is 3. The van der Waals surface area contributed by atoms with Crippen LogP contribution >= 0.6 is 24.0 Å². The summed E-state index contributed by atoms with van der Waals surface area (Å²) in [6.45, 7) is 11.5. The van der Waals surface area contributed by atoms with Gasteiger partial charge in [-0.25, -0.2) is 0 Å². The highest BCUT2D eigenvalue weighted by molar-refractivity contribution is 14.0. The number of hydrogen-bond donors (Lipinski definition) is 1. The van der Waals surface area contributed by atoms with E-state index in [9.17, 15) is 0 Å². The lowest BCUT2D eigenvalue weighted by molar-refractivity contribution is 0.296. The molecule has 4 nitrogen and oxygen atoms in total. The van der Waals surface area contributed by atoms with Gasteiger partial charge in [0.1, 0.15) is 0 Å². The SMILES string of the molecule is CCN(CC)CCCCNC(=NC)N1CCC2(CCCC2)C1.I. The summed E-state index contributed by atoms with van der Waals surface area (Å²) in [6, 6.07) is 0. The maximum absolute atomic E-state index is 4.51. The minimum atomic E-state index is 0. The number of hydrogen-bond acceptors (Lipinski definition) is 2. The summed E-state index contributed by atoms with van der Waals surface area (Å²) >= 11 is 0. The Morgan fingerprint density at radius 1 is 1.13 bits per heavy atom. The summed E-state index contributed by atoms with van der Waals surface area (Å²) in [6.07, 6.45) is 9.62. The van der Waals surface area contributed by atoms with Crippen LogP contribution in [0.5, 0.6) is 0 Å². The summed E-state index contributed by atoms with van der Waals surface area (Å²) in [5.74, 6) is 1.13. The Morgan fingerprint density at radius 3 is 2.43 bits per heavy atom. The Kier molecular flexibility index (Phi) is 9.82. The van der Waals surface area contributed by atoms with E-state index < -0.39 is 0 Å². The van der Waals surface area contributed by atoms with E-state index in [4.69, 9.17) is 0 Å². The molecule has 1 aliphatic carbocycles. The molecule has 136 valence electrons. The Labute approximate surface area is 160 Å². The molecule has 2 aliphatic rings. The van der Waals surface area contributed by atoms with Crippen molar-refractivity contribution in [2.75, 3.05) is 46.3 Å². The van der Waals surface area contributed by atoms with E-state index in [1.54, 1.807) is 0 Å². The van der Waals surface area contributed by atoms with Crippen molar-refractivity contribution in [3.8, 4) is 0 Å². The molecule has 0 aromatic rings. The zero-order valence-electron chi connectivity index (χ0n) is 15.4. The minimum absolute atomic E-state index is 0. The van der Waals surface area contributed by atoms with Gasteiger partial charge in [-0.05, 0) is 57.2 Å². The third-order valence-corrected chi connectivity index (χ3v) is 5.69. The van der Waals surface area contributed by atoms with E-state index in [1.165, 1.54) is 77.7 Å². The van der Waals surface area contributed by atoms with Crippen LogP contribution in [0, 0.1) is 5.41 Å². The maximum atomic E-state index is 4.51. The predicted octanol–water partition coefficient (Wildman–Crippen LogP) is 3.57. The molecule has 5 heteroatoms. The van der Waals surface area contributed by atoms with Crippen molar-refractivity contribution in [2.24, 2.45) is 10.4 Å². The third kappa shape index (κ3) is 6.07. The van der Waals surface area contributed by atoms with Crippen LogP contribution in [0.2, 0.25) is 0 Å². The molecule has 1 spiro atoms. The van der Waals surface area contributed by atoms with Crippen molar-refractivity contribution in [3.63, 3.8) is 0 Å². The Bertz CT molecular complexity index is 349. The van der Waals surface area contributed by atoms with Crippen molar-refractivity contribution < 1.29 is 0 Å². The lowest BCUT2D eigenvalue weighted by Crippen LogP contribution is -2.41. The highest BCUT2D eigenvalue weighted by atomic mass is 127. The van der Waals surface area contributed by atoms with Gasteiger partial charge in [0.15, 0.2) is 5.96 Å². The molecule has 1 N–H and O–H groups in total. The fraction of sp³-hybridized carbons (Fsp3) is 0.944. The summed E-state index contributed by atoms with van der Waals surface area (Å²) in [7, 11) is 1.93. The first kappa shape index (κ1) is 21.0. The van der Waals surface area contributed by atoms with E-state index in [1.807, 2.05) is 7.05 Å². The lowest BCUT2D eigenvalue weighted by atomic mass is 9.86. The van der Waals surface area contributed by atoms with Gasteiger partial charge in [0.2, 0.25) is 0 Å². The number of rotatable bonds is 7. The molecule has 1 heterocycles. The molecular weight excluding hydrogens is 399 g/mol. The standard InChI is InChI=1S/C18H36N4.HI/c1-4-21(5-2)14-9-8-13-20-17(19-3)22-15-12-18(16-22)10-6-7-11-18;/h4-16H2,1-3H3,(H,19,20);1H. The molecule has 23 heavy (non-hydrogen) atoms. The number of halogens is 1. The van der Waals surface area contributed by atoms with Crippen LogP contribution in [0.25, 0.3) is 0 Å². The van der Waals surface area contributed by atoms with E-state index in [2.05, 4.69) is 34.0 Å². The predicted molar refractivity (Wildman–Crippen MR) is 111 cm³/mol. The molecule has 0 radical (unpaired) electrons. The molecule has 0 atom stereocenters. The van der Waals surface area contributed by atoms with Crippen molar-refractivity contribution in [1.29, 1.82) is 0 Å². The molecule has 0 amide bonds. The highest BCUT2D eigenvalue weighted by Crippen LogP contribution is 2.45. The minimum Gasteiger partial charge on any atom is -0.356 e. The van der Waals surface area contributed by atoms with Crippen molar-refractivity contribution in [2.45, 2.75) is 58.8 Å². The Hall–Kier alpha value is -0.0400. The number of aliphatic imine (C=N–C) groups is 1. The van der Waals surface area contributed by atoms with Gasteiger partial charge >= 0.3 is 0 Å². The summed E-state index contributed by atoms with van der Waals surface area (Å²) in [5, 5.41) is 3.58. The van der Waals surface area contributed by atoms with Crippen LogP contribution in [-0.4, -0.2) is 62.1 Å².